The fourth-order valence-electron chi connectivity index (χ4n) is 2.35. The Bertz CT molecular complexity index is 352. The van der Waals surface area contributed by atoms with Gasteiger partial charge in [-0.05, 0) is 54.1 Å². The molecule has 6 heteroatoms. The van der Waals surface area contributed by atoms with Crippen LogP contribution in [0.2, 0.25) is 0 Å². The Labute approximate surface area is 121 Å². The Kier molecular flexibility index (Phi) is 5.95. The van der Waals surface area contributed by atoms with Gasteiger partial charge in [0.1, 0.15) is 0 Å². The van der Waals surface area contributed by atoms with Gasteiger partial charge in [-0.1, -0.05) is 0 Å². The zero-order valence-electron chi connectivity index (χ0n) is 13.2. The minimum absolute atomic E-state index is 0.247. The summed E-state index contributed by atoms with van der Waals surface area (Å²) in [5.74, 6) is -0.247. The van der Waals surface area contributed by atoms with Crippen molar-refractivity contribution in [2.24, 2.45) is 0 Å². The van der Waals surface area contributed by atoms with E-state index in [-0.39, 0.29) is 17.5 Å². The van der Waals surface area contributed by atoms with Crippen LogP contribution in [0.15, 0.2) is 0 Å². The van der Waals surface area contributed by atoms with Crippen molar-refractivity contribution < 1.29 is 9.59 Å². The van der Waals surface area contributed by atoms with E-state index in [4.69, 9.17) is 0 Å². The summed E-state index contributed by atoms with van der Waals surface area (Å²) in [5.41, 5.74) is -0.351. The average Bonchev–Trinajstić information content (AvgIpc) is 2.35. The number of carbonyl (C=O) groups is 2. The zero-order valence-corrected chi connectivity index (χ0v) is 13.2. The van der Waals surface area contributed by atoms with Crippen LogP contribution in [0.5, 0.6) is 0 Å². The zero-order chi connectivity index (χ0) is 15.3. The summed E-state index contributed by atoms with van der Waals surface area (Å²) >= 11 is 0. The Morgan fingerprint density at radius 1 is 1.30 bits per heavy atom. The van der Waals surface area contributed by atoms with E-state index in [0.29, 0.717) is 6.04 Å². The molecule has 1 saturated heterocycles. The minimum Gasteiger partial charge on any atom is -0.333 e. The maximum atomic E-state index is 12.1. The maximum absolute atomic E-state index is 12.1. The van der Waals surface area contributed by atoms with Gasteiger partial charge >= 0.3 is 6.03 Å². The fraction of sp³-hybridized carbons (Fsp3) is 0.857. The van der Waals surface area contributed by atoms with Gasteiger partial charge in [-0.2, -0.15) is 0 Å². The van der Waals surface area contributed by atoms with Crippen molar-refractivity contribution in [3.05, 3.63) is 0 Å². The van der Waals surface area contributed by atoms with Crippen LogP contribution in [0.1, 0.15) is 40.5 Å². The molecule has 1 rings (SSSR count). The summed E-state index contributed by atoms with van der Waals surface area (Å²) in [7, 11) is 1.94. The molecule has 0 bridgehead atoms. The molecule has 0 aromatic rings. The number of carbonyl (C=O) groups excluding carboxylic acids is 2. The summed E-state index contributed by atoms with van der Waals surface area (Å²) in [6.45, 7) is 9.21. The molecule has 1 aliphatic heterocycles. The van der Waals surface area contributed by atoms with E-state index < -0.39 is 6.03 Å². The normalized spacial score (nSPS) is 22.1. The summed E-state index contributed by atoms with van der Waals surface area (Å²) < 4.78 is 0. The Morgan fingerprint density at radius 3 is 2.50 bits per heavy atom. The molecule has 0 aromatic heterocycles. The summed E-state index contributed by atoms with van der Waals surface area (Å²) in [5, 5.41) is 8.39. The van der Waals surface area contributed by atoms with Gasteiger partial charge in [-0.25, -0.2) is 4.79 Å². The lowest BCUT2D eigenvalue weighted by Crippen LogP contribution is -2.56. The molecule has 1 heterocycles. The van der Waals surface area contributed by atoms with Crippen LogP contribution in [0.25, 0.3) is 0 Å². The highest BCUT2D eigenvalue weighted by molar-refractivity contribution is 5.97. The number of likely N-dealkylation sites (N-methyl/N-ethyl adjacent to an activating group) is 1. The van der Waals surface area contributed by atoms with E-state index in [2.05, 4.69) is 20.9 Å². The van der Waals surface area contributed by atoms with Gasteiger partial charge in [0.05, 0.1) is 6.04 Å². The lowest BCUT2D eigenvalue weighted by molar-refractivity contribution is -0.125. The molecule has 3 amide bonds. The topological polar surface area (TPSA) is 73.5 Å². The van der Waals surface area contributed by atoms with Crippen molar-refractivity contribution in [1.29, 1.82) is 0 Å². The summed E-state index contributed by atoms with van der Waals surface area (Å²) in [6.07, 6.45) is 2.20. The number of likely N-dealkylation sites (tertiary alicyclic amines) is 1. The van der Waals surface area contributed by atoms with Crippen molar-refractivity contribution in [3.63, 3.8) is 0 Å². The molecule has 0 aromatic carbocycles. The second kappa shape index (κ2) is 7.04. The molecule has 1 fully saturated rings. The molecular weight excluding hydrogens is 256 g/mol. The number of urea groups is 1. The number of amides is 3. The number of hydrogen-bond acceptors (Lipinski definition) is 4. The first-order valence-corrected chi connectivity index (χ1v) is 7.27. The highest BCUT2D eigenvalue weighted by atomic mass is 16.2. The predicted octanol–water partition coefficient (Wildman–Crippen LogP) is 0.683. The van der Waals surface area contributed by atoms with Gasteiger partial charge in [0.15, 0.2) is 0 Å². The van der Waals surface area contributed by atoms with Crippen LogP contribution >= 0.6 is 0 Å². The first-order chi connectivity index (χ1) is 9.23. The van der Waals surface area contributed by atoms with E-state index in [9.17, 15) is 9.59 Å². The highest BCUT2D eigenvalue weighted by Crippen LogP contribution is 2.12. The van der Waals surface area contributed by atoms with Crippen molar-refractivity contribution >= 4 is 11.9 Å². The summed E-state index contributed by atoms with van der Waals surface area (Å²) in [6, 6.07) is -0.309. The molecule has 0 aliphatic carbocycles. The molecular formula is C14H28N4O2. The molecule has 0 spiro atoms. The minimum atomic E-state index is -0.434. The fourth-order valence-corrected chi connectivity index (χ4v) is 2.35. The van der Waals surface area contributed by atoms with Crippen LogP contribution in [-0.4, -0.2) is 54.6 Å². The monoisotopic (exact) mass is 284 g/mol. The Balaban J connectivity index is 2.48. The molecule has 2 atom stereocenters. The van der Waals surface area contributed by atoms with Crippen LogP contribution in [0.3, 0.4) is 0 Å². The lowest BCUT2D eigenvalue weighted by atomic mass is 10.0. The molecule has 1 aliphatic rings. The van der Waals surface area contributed by atoms with Gasteiger partial charge in [0.25, 0.3) is 0 Å². The van der Waals surface area contributed by atoms with Crippen LogP contribution in [0.4, 0.5) is 4.79 Å². The predicted molar refractivity (Wildman–Crippen MR) is 79.5 cm³/mol. The SMILES string of the molecule is CNC1CCCN(C(C)C(=O)NC(=O)NC(C)(C)C)C1. The third-order valence-electron chi connectivity index (χ3n) is 3.51. The molecule has 0 radical (unpaired) electrons. The molecule has 116 valence electrons. The number of nitrogens with zero attached hydrogens (tertiary/aromatic N) is 1. The van der Waals surface area contributed by atoms with Gasteiger partial charge in [0.2, 0.25) is 5.91 Å². The quantitative estimate of drug-likeness (QED) is 0.713. The van der Waals surface area contributed by atoms with Crippen LogP contribution in [0, 0.1) is 0 Å². The number of piperidine rings is 1. The van der Waals surface area contributed by atoms with Crippen molar-refractivity contribution in [2.45, 2.75) is 58.2 Å². The first kappa shape index (κ1) is 16.9. The second-order valence-corrected chi connectivity index (χ2v) is 6.49. The van der Waals surface area contributed by atoms with E-state index >= 15 is 0 Å². The second-order valence-electron chi connectivity index (χ2n) is 6.49. The van der Waals surface area contributed by atoms with Crippen molar-refractivity contribution in [3.8, 4) is 0 Å². The maximum Gasteiger partial charge on any atom is 0.321 e. The van der Waals surface area contributed by atoms with Gasteiger partial charge in [-0.15, -0.1) is 0 Å². The smallest absolute Gasteiger partial charge is 0.321 e. The van der Waals surface area contributed by atoms with E-state index in [1.54, 1.807) is 0 Å². The van der Waals surface area contributed by atoms with Gasteiger partial charge in [0, 0.05) is 18.1 Å². The molecule has 6 nitrogen and oxygen atoms in total. The Morgan fingerprint density at radius 2 is 1.95 bits per heavy atom. The largest absolute Gasteiger partial charge is 0.333 e. The molecule has 3 N–H and O–H groups in total. The number of hydrogen-bond donors (Lipinski definition) is 3. The van der Waals surface area contributed by atoms with Gasteiger partial charge < -0.3 is 10.6 Å². The molecule has 20 heavy (non-hydrogen) atoms. The number of imide groups is 1. The highest BCUT2D eigenvalue weighted by Gasteiger charge is 2.28. The van der Waals surface area contributed by atoms with E-state index in [0.717, 1.165) is 25.9 Å². The van der Waals surface area contributed by atoms with Crippen molar-refractivity contribution in [2.75, 3.05) is 20.1 Å². The van der Waals surface area contributed by atoms with E-state index in [1.807, 2.05) is 34.7 Å². The van der Waals surface area contributed by atoms with Crippen LogP contribution in [-0.2, 0) is 4.79 Å². The lowest BCUT2D eigenvalue weighted by Gasteiger charge is -2.35. The Hall–Kier alpha value is -1.14. The van der Waals surface area contributed by atoms with Crippen molar-refractivity contribution in [1.82, 2.24) is 20.9 Å². The number of nitrogens with one attached hydrogen (secondary N) is 3. The molecule has 2 unspecified atom stereocenters. The first-order valence-electron chi connectivity index (χ1n) is 7.27. The summed E-state index contributed by atoms with van der Waals surface area (Å²) in [4.78, 5) is 25.9. The third-order valence-corrected chi connectivity index (χ3v) is 3.51. The molecule has 0 saturated carbocycles. The average molecular weight is 284 g/mol. The van der Waals surface area contributed by atoms with E-state index in [1.165, 1.54) is 0 Å². The van der Waals surface area contributed by atoms with Crippen LogP contribution < -0.4 is 16.0 Å². The number of rotatable bonds is 3. The standard InChI is InChI=1S/C14H28N4O2/c1-10(18-8-6-7-11(9-18)15-5)12(19)16-13(20)17-14(2,3)4/h10-11,15H,6-9H2,1-5H3,(H2,16,17,19,20). The van der Waals surface area contributed by atoms with Gasteiger partial charge in [-0.3, -0.25) is 15.0 Å². The third kappa shape index (κ3) is 5.46.